The molecule has 1 heterocycles. The lowest BCUT2D eigenvalue weighted by atomic mass is 9.74. The minimum absolute atomic E-state index is 0.116. The molecule has 0 aromatic carbocycles. The first-order chi connectivity index (χ1) is 3.80. The first kappa shape index (κ1) is 5.66. The van der Waals surface area contributed by atoms with Crippen LogP contribution in [0.1, 0.15) is 0 Å². The van der Waals surface area contributed by atoms with E-state index in [1.54, 1.807) is 12.3 Å². The van der Waals surface area contributed by atoms with Crippen molar-refractivity contribution in [2.24, 2.45) is 0 Å². The predicted molar refractivity (Wildman–Crippen MR) is 31.1 cm³/mol. The fraction of sp³-hybridized carbons (Fsp3) is 0.500. The van der Waals surface area contributed by atoms with Gasteiger partial charge in [-0.1, -0.05) is 6.08 Å². The Morgan fingerprint density at radius 3 is 2.62 bits per heavy atom. The lowest BCUT2D eigenvalue weighted by Gasteiger charge is -2.01. The van der Waals surface area contributed by atoms with Gasteiger partial charge in [-0.25, -0.2) is 0 Å². The summed E-state index contributed by atoms with van der Waals surface area (Å²) in [5.41, 5.74) is 0. The van der Waals surface area contributed by atoms with E-state index >= 15 is 0 Å². The molecule has 1 aliphatic heterocycles. The van der Waals surface area contributed by atoms with Crippen molar-refractivity contribution in [1.82, 2.24) is 5.32 Å². The van der Waals surface area contributed by atoms with Crippen molar-refractivity contribution >= 4 is 7.12 Å². The van der Waals surface area contributed by atoms with Crippen LogP contribution in [0.2, 0.25) is 5.82 Å². The summed E-state index contributed by atoms with van der Waals surface area (Å²) >= 11 is 0. The van der Waals surface area contributed by atoms with Gasteiger partial charge in [-0.3, -0.25) is 0 Å². The quantitative estimate of drug-likeness (QED) is 0.380. The second-order valence-electron chi connectivity index (χ2n) is 1.84. The summed E-state index contributed by atoms with van der Waals surface area (Å²) in [4.78, 5) is 0. The van der Waals surface area contributed by atoms with Gasteiger partial charge >= 0.3 is 7.12 Å². The molecule has 0 amide bonds. The van der Waals surface area contributed by atoms with Crippen LogP contribution in [-0.2, 0) is 0 Å². The SMILES string of the molecule is OB(O)C1C=CNC1. The van der Waals surface area contributed by atoms with Crippen molar-refractivity contribution in [2.45, 2.75) is 5.82 Å². The van der Waals surface area contributed by atoms with Gasteiger partial charge in [0, 0.05) is 12.4 Å². The van der Waals surface area contributed by atoms with Gasteiger partial charge < -0.3 is 15.4 Å². The molecule has 0 aromatic heterocycles. The predicted octanol–water partition coefficient (Wildman–Crippen LogP) is -1.05. The zero-order valence-electron chi connectivity index (χ0n) is 4.41. The largest absolute Gasteiger partial charge is 0.460 e. The molecule has 3 nitrogen and oxygen atoms in total. The molecule has 0 spiro atoms. The van der Waals surface area contributed by atoms with E-state index in [4.69, 9.17) is 10.0 Å². The number of hydrogen-bond donors (Lipinski definition) is 3. The molecule has 4 heteroatoms. The maximum absolute atomic E-state index is 8.52. The zero-order valence-corrected chi connectivity index (χ0v) is 4.41. The Morgan fingerprint density at radius 1 is 1.62 bits per heavy atom. The Labute approximate surface area is 48.2 Å². The van der Waals surface area contributed by atoms with E-state index in [0.29, 0.717) is 6.54 Å². The van der Waals surface area contributed by atoms with Crippen molar-refractivity contribution in [3.05, 3.63) is 12.3 Å². The fourth-order valence-corrected chi connectivity index (χ4v) is 0.669. The molecule has 0 saturated heterocycles. The van der Waals surface area contributed by atoms with Gasteiger partial charge in [-0.15, -0.1) is 0 Å². The highest BCUT2D eigenvalue weighted by Gasteiger charge is 2.21. The molecule has 1 rings (SSSR count). The topological polar surface area (TPSA) is 52.5 Å². The van der Waals surface area contributed by atoms with Gasteiger partial charge in [0.2, 0.25) is 0 Å². The van der Waals surface area contributed by atoms with Crippen molar-refractivity contribution in [3.8, 4) is 0 Å². The second-order valence-corrected chi connectivity index (χ2v) is 1.84. The molecular formula is C4H8BNO2. The summed E-state index contributed by atoms with van der Waals surface area (Å²) in [5.74, 6) is -0.116. The van der Waals surface area contributed by atoms with Crippen molar-refractivity contribution < 1.29 is 10.0 Å². The molecule has 0 fully saturated rings. The van der Waals surface area contributed by atoms with Gasteiger partial charge in [-0.05, 0) is 6.20 Å². The average Bonchev–Trinajstić information content (AvgIpc) is 2.12. The van der Waals surface area contributed by atoms with Crippen LogP contribution in [0.25, 0.3) is 0 Å². The van der Waals surface area contributed by atoms with Crippen molar-refractivity contribution in [3.63, 3.8) is 0 Å². The summed E-state index contributed by atoms with van der Waals surface area (Å²) < 4.78 is 0. The highest BCUT2D eigenvalue weighted by Crippen LogP contribution is 2.10. The molecule has 0 saturated carbocycles. The summed E-state index contributed by atoms with van der Waals surface area (Å²) in [6.07, 6.45) is 3.47. The highest BCUT2D eigenvalue weighted by molar-refractivity contribution is 6.44. The van der Waals surface area contributed by atoms with E-state index in [0.717, 1.165) is 0 Å². The van der Waals surface area contributed by atoms with Crippen LogP contribution in [0.4, 0.5) is 0 Å². The maximum atomic E-state index is 8.52. The van der Waals surface area contributed by atoms with E-state index in [2.05, 4.69) is 5.32 Å². The molecule has 1 atom stereocenters. The van der Waals surface area contributed by atoms with Gasteiger partial charge in [0.1, 0.15) is 0 Å². The number of nitrogens with one attached hydrogen (secondary N) is 1. The van der Waals surface area contributed by atoms with Crippen LogP contribution in [0, 0.1) is 0 Å². The van der Waals surface area contributed by atoms with Crippen molar-refractivity contribution in [1.29, 1.82) is 0 Å². The third kappa shape index (κ3) is 1.02. The second kappa shape index (κ2) is 2.20. The molecule has 3 N–H and O–H groups in total. The highest BCUT2D eigenvalue weighted by atomic mass is 16.4. The van der Waals surface area contributed by atoms with E-state index in [9.17, 15) is 0 Å². The molecule has 1 aliphatic rings. The summed E-state index contributed by atoms with van der Waals surface area (Å²) in [6, 6.07) is 0. The first-order valence-corrected chi connectivity index (χ1v) is 2.57. The normalized spacial score (nSPS) is 25.5. The molecule has 8 heavy (non-hydrogen) atoms. The minimum atomic E-state index is -1.21. The van der Waals surface area contributed by atoms with Gasteiger partial charge in [-0.2, -0.15) is 0 Å². The van der Waals surface area contributed by atoms with E-state index < -0.39 is 7.12 Å². The summed E-state index contributed by atoms with van der Waals surface area (Å²) in [7, 11) is -1.21. The van der Waals surface area contributed by atoms with Crippen LogP contribution >= 0.6 is 0 Å². The minimum Gasteiger partial charge on any atom is -0.427 e. The van der Waals surface area contributed by atoms with Gasteiger partial charge in [0.25, 0.3) is 0 Å². The van der Waals surface area contributed by atoms with E-state index in [1.807, 2.05) is 0 Å². The fourth-order valence-electron chi connectivity index (χ4n) is 0.669. The Balaban J connectivity index is 2.36. The van der Waals surface area contributed by atoms with Crippen LogP contribution < -0.4 is 5.32 Å². The molecule has 1 unspecified atom stereocenters. The van der Waals surface area contributed by atoms with E-state index in [-0.39, 0.29) is 5.82 Å². The third-order valence-electron chi connectivity index (χ3n) is 1.20. The summed E-state index contributed by atoms with van der Waals surface area (Å²) in [5, 5.41) is 19.9. The molecule has 0 bridgehead atoms. The Kier molecular flexibility index (Phi) is 1.55. The molecule has 0 aromatic rings. The third-order valence-corrected chi connectivity index (χ3v) is 1.20. The molecule has 0 radical (unpaired) electrons. The lowest BCUT2D eigenvalue weighted by molar-refractivity contribution is 0.395. The Bertz CT molecular complexity index is 104. The van der Waals surface area contributed by atoms with Crippen LogP contribution in [0.15, 0.2) is 12.3 Å². The molecule has 44 valence electrons. The smallest absolute Gasteiger partial charge is 0.427 e. The van der Waals surface area contributed by atoms with Gasteiger partial charge in [0.05, 0.1) is 0 Å². The molecule has 0 aliphatic carbocycles. The number of hydrogen-bond acceptors (Lipinski definition) is 3. The monoisotopic (exact) mass is 113 g/mol. The number of rotatable bonds is 1. The zero-order chi connectivity index (χ0) is 5.98. The maximum Gasteiger partial charge on any atom is 0.460 e. The standard InChI is InChI=1S/C4H8BNO2/c7-5(8)4-1-2-6-3-4/h1-2,4,6-8H,3H2. The van der Waals surface area contributed by atoms with Gasteiger partial charge in [0.15, 0.2) is 0 Å². The van der Waals surface area contributed by atoms with Crippen LogP contribution in [0.3, 0.4) is 0 Å². The average molecular weight is 113 g/mol. The first-order valence-electron chi connectivity index (χ1n) is 2.57. The van der Waals surface area contributed by atoms with Crippen LogP contribution in [0.5, 0.6) is 0 Å². The summed E-state index contributed by atoms with van der Waals surface area (Å²) in [6.45, 7) is 0.637. The lowest BCUT2D eigenvalue weighted by Crippen LogP contribution is -2.22. The Morgan fingerprint density at radius 2 is 2.38 bits per heavy atom. The molecular weight excluding hydrogens is 105 g/mol. The van der Waals surface area contributed by atoms with E-state index in [1.165, 1.54) is 0 Å². The Hall–Kier alpha value is -0.475. The van der Waals surface area contributed by atoms with Crippen molar-refractivity contribution in [2.75, 3.05) is 6.54 Å². The van der Waals surface area contributed by atoms with Crippen LogP contribution in [-0.4, -0.2) is 23.7 Å².